The summed E-state index contributed by atoms with van der Waals surface area (Å²) in [5.74, 6) is 2.04. The van der Waals surface area contributed by atoms with Gasteiger partial charge in [-0.05, 0) is 73.8 Å². The Morgan fingerprint density at radius 3 is 2.35 bits per heavy atom. The van der Waals surface area contributed by atoms with E-state index in [9.17, 15) is 9.59 Å². The van der Waals surface area contributed by atoms with Gasteiger partial charge in [-0.25, -0.2) is 0 Å². The zero-order chi connectivity index (χ0) is 25.0. The van der Waals surface area contributed by atoms with Gasteiger partial charge in [0.1, 0.15) is 17.0 Å². The van der Waals surface area contributed by atoms with Crippen LogP contribution in [0.25, 0.3) is 22.1 Å². The lowest BCUT2D eigenvalue weighted by atomic mass is 9.94. The summed E-state index contributed by atoms with van der Waals surface area (Å²) in [6, 6.07) is 16.7. The van der Waals surface area contributed by atoms with E-state index in [1.54, 1.807) is 6.26 Å². The summed E-state index contributed by atoms with van der Waals surface area (Å²) in [6.45, 7) is 2.33. The largest absolute Gasteiger partial charge is 0.464 e. The molecule has 0 N–H and O–H groups in total. The minimum atomic E-state index is -0.567. The molecule has 7 rings (SSSR count). The predicted octanol–water partition coefficient (Wildman–Crippen LogP) is 5.65. The molecular formula is C31H33N3O3. The highest BCUT2D eigenvalue weighted by atomic mass is 16.3. The molecule has 0 bridgehead atoms. The number of amidine groups is 1. The summed E-state index contributed by atoms with van der Waals surface area (Å²) >= 11 is 0. The summed E-state index contributed by atoms with van der Waals surface area (Å²) in [5.41, 5.74) is 3.60. The minimum absolute atomic E-state index is 0.186. The third-order valence-electron chi connectivity index (χ3n) is 8.87. The summed E-state index contributed by atoms with van der Waals surface area (Å²) in [7, 11) is 0. The highest BCUT2D eigenvalue weighted by Gasteiger charge is 2.50. The number of carbonyl (C=O) groups is 2. The second-order valence-corrected chi connectivity index (χ2v) is 11.4. The molecule has 6 heteroatoms. The Kier molecular flexibility index (Phi) is 5.45. The summed E-state index contributed by atoms with van der Waals surface area (Å²) in [5, 5.41) is 1.09. The van der Waals surface area contributed by atoms with Crippen molar-refractivity contribution in [1.82, 2.24) is 9.80 Å². The van der Waals surface area contributed by atoms with Crippen LogP contribution in [0.1, 0.15) is 56.9 Å². The molecule has 2 aromatic carbocycles. The molecule has 190 valence electrons. The molecule has 3 fully saturated rings. The summed E-state index contributed by atoms with van der Waals surface area (Å²) in [6.07, 6.45) is 9.57. The van der Waals surface area contributed by atoms with Gasteiger partial charge < -0.3 is 9.32 Å². The molecule has 3 aromatic rings. The van der Waals surface area contributed by atoms with Crippen molar-refractivity contribution in [3.05, 3.63) is 60.4 Å². The maximum absolute atomic E-state index is 13.8. The first-order valence-corrected chi connectivity index (χ1v) is 13.9. The van der Waals surface area contributed by atoms with Crippen molar-refractivity contribution in [1.29, 1.82) is 0 Å². The number of benzene rings is 2. The van der Waals surface area contributed by atoms with Crippen LogP contribution in [0.3, 0.4) is 0 Å². The zero-order valence-corrected chi connectivity index (χ0v) is 21.2. The Morgan fingerprint density at radius 2 is 1.62 bits per heavy atom. The van der Waals surface area contributed by atoms with Crippen molar-refractivity contribution in [2.75, 3.05) is 19.6 Å². The summed E-state index contributed by atoms with van der Waals surface area (Å²) < 4.78 is 5.48. The number of likely N-dealkylation sites (tertiary alicyclic amines) is 1. The molecule has 2 saturated carbocycles. The van der Waals surface area contributed by atoms with Crippen molar-refractivity contribution >= 4 is 28.6 Å². The van der Waals surface area contributed by atoms with Crippen LogP contribution in [0.5, 0.6) is 0 Å². The van der Waals surface area contributed by atoms with Crippen molar-refractivity contribution in [3.63, 3.8) is 0 Å². The number of hydrogen-bond donors (Lipinski definition) is 0. The van der Waals surface area contributed by atoms with Crippen molar-refractivity contribution < 1.29 is 14.0 Å². The van der Waals surface area contributed by atoms with Crippen LogP contribution in [0.2, 0.25) is 0 Å². The van der Waals surface area contributed by atoms with Gasteiger partial charge in [-0.1, -0.05) is 43.2 Å². The first-order valence-electron chi connectivity index (χ1n) is 13.9. The number of amides is 2. The fourth-order valence-electron chi connectivity index (χ4n) is 6.47. The first-order chi connectivity index (χ1) is 18.1. The standard InChI is InChI=1S/C31H33N3O3/c35-29(24-7-8-24)33-16-11-21(12-17-33)20-34-28(32-31(30(34)36)14-1-2-15-31)23-5-3-22(4-6-23)25-9-10-27-26(19-25)13-18-37-27/h3-6,9-10,13,18-19,21,24H,1-2,7-8,11-12,14-17,20H2. The number of aliphatic imine (C=N–C) groups is 1. The maximum Gasteiger partial charge on any atom is 0.256 e. The van der Waals surface area contributed by atoms with E-state index in [1.165, 1.54) is 0 Å². The van der Waals surface area contributed by atoms with Crippen LogP contribution in [0.4, 0.5) is 0 Å². The molecule has 4 aliphatic rings. The molecule has 6 nitrogen and oxygen atoms in total. The van der Waals surface area contributed by atoms with Crippen molar-refractivity contribution in [2.24, 2.45) is 16.8 Å². The quantitative estimate of drug-likeness (QED) is 0.459. The van der Waals surface area contributed by atoms with Gasteiger partial charge in [0.2, 0.25) is 5.91 Å². The molecule has 1 spiro atoms. The zero-order valence-electron chi connectivity index (χ0n) is 21.2. The molecule has 2 aliphatic heterocycles. The molecule has 0 radical (unpaired) electrons. The third kappa shape index (κ3) is 4.07. The average Bonchev–Trinajstić information content (AvgIpc) is 3.38. The van der Waals surface area contributed by atoms with Gasteiger partial charge in [-0.15, -0.1) is 0 Å². The van der Waals surface area contributed by atoms with E-state index in [1.807, 2.05) is 21.9 Å². The smallest absolute Gasteiger partial charge is 0.256 e. The third-order valence-corrected chi connectivity index (χ3v) is 8.87. The van der Waals surface area contributed by atoms with Crippen LogP contribution in [0, 0.1) is 11.8 Å². The fourth-order valence-corrected chi connectivity index (χ4v) is 6.47. The Bertz CT molecular complexity index is 1370. The monoisotopic (exact) mass is 495 g/mol. The number of fused-ring (bicyclic) bond motifs is 1. The molecule has 0 atom stereocenters. The maximum atomic E-state index is 13.8. The molecule has 0 unspecified atom stereocenters. The lowest BCUT2D eigenvalue weighted by Gasteiger charge is -2.34. The van der Waals surface area contributed by atoms with Crippen LogP contribution < -0.4 is 0 Å². The van der Waals surface area contributed by atoms with E-state index in [0.29, 0.717) is 18.4 Å². The molecule has 2 amide bonds. The molecule has 1 saturated heterocycles. The van der Waals surface area contributed by atoms with E-state index in [4.69, 9.17) is 9.41 Å². The van der Waals surface area contributed by atoms with Gasteiger partial charge in [0.05, 0.1) is 6.26 Å². The molecule has 3 heterocycles. The first kappa shape index (κ1) is 22.8. The van der Waals surface area contributed by atoms with Crippen molar-refractivity contribution in [3.8, 4) is 11.1 Å². The lowest BCUT2D eigenvalue weighted by Crippen LogP contribution is -2.46. The van der Waals surface area contributed by atoms with E-state index in [0.717, 1.165) is 98.0 Å². The number of carbonyl (C=O) groups excluding carboxylic acids is 2. The lowest BCUT2D eigenvalue weighted by molar-refractivity contribution is -0.135. The van der Waals surface area contributed by atoms with Gasteiger partial charge in [0.15, 0.2) is 0 Å². The van der Waals surface area contributed by atoms with Gasteiger partial charge in [-0.2, -0.15) is 0 Å². The van der Waals surface area contributed by atoms with E-state index < -0.39 is 5.54 Å². The van der Waals surface area contributed by atoms with Gasteiger partial charge in [0.25, 0.3) is 5.91 Å². The second-order valence-electron chi connectivity index (χ2n) is 11.4. The topological polar surface area (TPSA) is 66.1 Å². The van der Waals surface area contributed by atoms with E-state index >= 15 is 0 Å². The number of nitrogens with zero attached hydrogens (tertiary/aromatic N) is 3. The number of hydrogen-bond acceptors (Lipinski definition) is 4. The molecule has 2 aliphatic carbocycles. The van der Waals surface area contributed by atoms with Crippen LogP contribution in [0.15, 0.2) is 64.2 Å². The fraction of sp³-hybridized carbons (Fsp3) is 0.452. The normalized spacial score (nSPS) is 21.8. The highest BCUT2D eigenvalue weighted by molar-refractivity contribution is 6.15. The van der Waals surface area contributed by atoms with Crippen LogP contribution in [-0.2, 0) is 9.59 Å². The minimum Gasteiger partial charge on any atom is -0.464 e. The second kappa shape index (κ2) is 8.86. The van der Waals surface area contributed by atoms with E-state index in [-0.39, 0.29) is 11.8 Å². The molecule has 1 aromatic heterocycles. The summed E-state index contributed by atoms with van der Waals surface area (Å²) in [4.78, 5) is 35.5. The van der Waals surface area contributed by atoms with Gasteiger partial charge >= 0.3 is 0 Å². The Hall–Kier alpha value is -3.41. The van der Waals surface area contributed by atoms with Crippen LogP contribution in [-0.4, -0.2) is 52.6 Å². The number of piperidine rings is 1. The van der Waals surface area contributed by atoms with Gasteiger partial charge in [0, 0.05) is 36.5 Å². The number of rotatable bonds is 5. The SMILES string of the molecule is O=C(C1CC1)N1CCC(CN2C(=O)C3(CCCC3)N=C2c2ccc(-c3ccc4occc4c3)cc2)CC1. The van der Waals surface area contributed by atoms with Crippen molar-refractivity contribution in [2.45, 2.75) is 56.9 Å². The average molecular weight is 496 g/mol. The Balaban J connectivity index is 1.12. The van der Waals surface area contributed by atoms with Gasteiger partial charge in [-0.3, -0.25) is 19.5 Å². The molecular weight excluding hydrogens is 462 g/mol. The molecule has 37 heavy (non-hydrogen) atoms. The number of furan rings is 1. The highest BCUT2D eigenvalue weighted by Crippen LogP contribution is 2.41. The van der Waals surface area contributed by atoms with Crippen LogP contribution >= 0.6 is 0 Å². The van der Waals surface area contributed by atoms with E-state index in [2.05, 4.69) is 36.4 Å². The predicted molar refractivity (Wildman–Crippen MR) is 143 cm³/mol. The Labute approximate surface area is 217 Å². The Morgan fingerprint density at radius 1 is 0.919 bits per heavy atom.